The van der Waals surface area contributed by atoms with Gasteiger partial charge in [-0.05, 0) is 61.7 Å². The summed E-state index contributed by atoms with van der Waals surface area (Å²) in [5, 5.41) is 0. The van der Waals surface area contributed by atoms with Gasteiger partial charge < -0.3 is 4.74 Å². The van der Waals surface area contributed by atoms with E-state index in [-0.39, 0.29) is 5.60 Å². The summed E-state index contributed by atoms with van der Waals surface area (Å²) in [6.45, 7) is 15.5. The van der Waals surface area contributed by atoms with Crippen LogP contribution in [0.2, 0.25) is 0 Å². The van der Waals surface area contributed by atoms with Crippen molar-refractivity contribution in [1.82, 2.24) is 0 Å². The fraction of sp³-hybridized carbons (Fsp3) is 1.00. The van der Waals surface area contributed by atoms with Crippen LogP contribution in [0.3, 0.4) is 0 Å². The second kappa shape index (κ2) is 5.06. The van der Waals surface area contributed by atoms with Gasteiger partial charge in [0.1, 0.15) is 0 Å². The van der Waals surface area contributed by atoms with E-state index in [4.69, 9.17) is 4.74 Å². The molecular weight excluding hydrogens is 232 g/mol. The van der Waals surface area contributed by atoms with Crippen LogP contribution in [-0.4, -0.2) is 12.2 Å². The van der Waals surface area contributed by atoms with Gasteiger partial charge in [-0.1, -0.05) is 41.0 Å². The van der Waals surface area contributed by atoms with Gasteiger partial charge in [0.15, 0.2) is 0 Å². The van der Waals surface area contributed by atoms with E-state index in [0.717, 1.165) is 18.9 Å². The molecule has 2 aliphatic carbocycles. The van der Waals surface area contributed by atoms with Crippen LogP contribution >= 0.6 is 0 Å². The minimum atomic E-state index is 0.106. The molecule has 2 fully saturated rings. The normalized spacial score (nSPS) is 45.8. The van der Waals surface area contributed by atoms with Crippen molar-refractivity contribution >= 4 is 0 Å². The zero-order chi connectivity index (χ0) is 14.3. The minimum absolute atomic E-state index is 0.106. The van der Waals surface area contributed by atoms with Crippen LogP contribution in [-0.2, 0) is 4.74 Å². The zero-order valence-electron chi connectivity index (χ0n) is 14.0. The van der Waals surface area contributed by atoms with Gasteiger partial charge in [-0.3, -0.25) is 0 Å². The zero-order valence-corrected chi connectivity index (χ0v) is 14.0. The molecule has 0 N–H and O–H groups in total. The Bertz CT molecular complexity index is 322. The lowest BCUT2D eigenvalue weighted by atomic mass is 9.46. The highest BCUT2D eigenvalue weighted by molar-refractivity contribution is 5.06. The summed E-state index contributed by atoms with van der Waals surface area (Å²) < 4.78 is 6.31. The molecule has 0 aromatic rings. The highest BCUT2D eigenvalue weighted by atomic mass is 16.5. The maximum atomic E-state index is 6.31. The molecule has 0 aliphatic heterocycles. The Balaban J connectivity index is 2.23. The first-order chi connectivity index (χ1) is 8.76. The van der Waals surface area contributed by atoms with Crippen molar-refractivity contribution in [3.8, 4) is 0 Å². The van der Waals surface area contributed by atoms with Crippen LogP contribution in [0.25, 0.3) is 0 Å². The molecule has 2 rings (SSSR count). The molecule has 0 heterocycles. The molecule has 0 bridgehead atoms. The Morgan fingerprint density at radius 3 is 2.37 bits per heavy atom. The fourth-order valence-electron chi connectivity index (χ4n) is 5.28. The summed E-state index contributed by atoms with van der Waals surface area (Å²) >= 11 is 0. The standard InChI is InChI=1S/C18H34O/c1-7-13-19-18(6)12-9-15-16(3,4)10-8-11-17(15,5)14(18)2/h14-15H,7-13H2,1-6H3/t14-,15?,17+,18+/m0/s1. The largest absolute Gasteiger partial charge is 0.375 e. The van der Waals surface area contributed by atoms with Gasteiger partial charge in [-0.15, -0.1) is 0 Å². The molecule has 19 heavy (non-hydrogen) atoms. The van der Waals surface area contributed by atoms with Crippen molar-refractivity contribution in [3.63, 3.8) is 0 Å². The number of hydrogen-bond donors (Lipinski definition) is 0. The van der Waals surface area contributed by atoms with Crippen molar-refractivity contribution in [1.29, 1.82) is 0 Å². The SMILES string of the molecule is CCCO[C@]1(C)CCC2C(C)(C)CCC[C@]2(C)[C@@H]1C. The van der Waals surface area contributed by atoms with Crippen LogP contribution in [0, 0.1) is 22.7 Å². The lowest BCUT2D eigenvalue weighted by molar-refractivity contribution is -0.185. The quantitative estimate of drug-likeness (QED) is 0.661. The van der Waals surface area contributed by atoms with E-state index >= 15 is 0 Å². The van der Waals surface area contributed by atoms with Crippen molar-refractivity contribution in [2.45, 2.75) is 85.7 Å². The van der Waals surface area contributed by atoms with Gasteiger partial charge in [0.05, 0.1) is 5.60 Å². The number of fused-ring (bicyclic) bond motifs is 1. The molecule has 0 amide bonds. The molecule has 0 spiro atoms. The smallest absolute Gasteiger partial charge is 0.0685 e. The van der Waals surface area contributed by atoms with Crippen molar-refractivity contribution in [2.75, 3.05) is 6.61 Å². The van der Waals surface area contributed by atoms with Crippen LogP contribution in [0.15, 0.2) is 0 Å². The van der Waals surface area contributed by atoms with E-state index in [9.17, 15) is 0 Å². The molecule has 1 heteroatoms. The van der Waals surface area contributed by atoms with E-state index in [0.29, 0.717) is 16.7 Å². The Morgan fingerprint density at radius 1 is 1.05 bits per heavy atom. The van der Waals surface area contributed by atoms with Crippen LogP contribution < -0.4 is 0 Å². The summed E-state index contributed by atoms with van der Waals surface area (Å²) in [5.41, 5.74) is 1.10. The predicted octanol–water partition coefficient (Wildman–Crippen LogP) is 5.43. The minimum Gasteiger partial charge on any atom is -0.375 e. The summed E-state index contributed by atoms with van der Waals surface area (Å²) in [6, 6.07) is 0. The number of rotatable bonds is 3. The van der Waals surface area contributed by atoms with Gasteiger partial charge in [0, 0.05) is 6.61 Å². The molecule has 0 saturated heterocycles. The molecule has 4 atom stereocenters. The first-order valence-electron chi connectivity index (χ1n) is 8.40. The Hall–Kier alpha value is -0.0400. The van der Waals surface area contributed by atoms with Gasteiger partial charge in [-0.2, -0.15) is 0 Å². The maximum Gasteiger partial charge on any atom is 0.0685 e. The monoisotopic (exact) mass is 266 g/mol. The highest BCUT2D eigenvalue weighted by Crippen LogP contribution is 2.62. The Labute approximate surface area is 120 Å². The fourth-order valence-corrected chi connectivity index (χ4v) is 5.28. The highest BCUT2D eigenvalue weighted by Gasteiger charge is 2.56. The number of hydrogen-bond acceptors (Lipinski definition) is 1. The van der Waals surface area contributed by atoms with Gasteiger partial charge in [-0.25, -0.2) is 0 Å². The lowest BCUT2D eigenvalue weighted by Crippen LogP contribution is -2.57. The van der Waals surface area contributed by atoms with Crippen molar-refractivity contribution in [2.24, 2.45) is 22.7 Å². The van der Waals surface area contributed by atoms with Crippen molar-refractivity contribution in [3.05, 3.63) is 0 Å². The molecule has 1 unspecified atom stereocenters. The number of ether oxygens (including phenoxy) is 1. The summed E-state index contributed by atoms with van der Waals surface area (Å²) in [5.74, 6) is 1.55. The summed E-state index contributed by atoms with van der Waals surface area (Å²) in [7, 11) is 0. The third kappa shape index (κ3) is 2.48. The van der Waals surface area contributed by atoms with E-state index in [2.05, 4.69) is 41.5 Å². The molecule has 0 aromatic heterocycles. The van der Waals surface area contributed by atoms with Gasteiger partial charge >= 0.3 is 0 Å². The second-order valence-electron chi connectivity index (χ2n) is 8.32. The molecule has 112 valence electrons. The third-order valence-corrected chi connectivity index (χ3v) is 6.75. The Morgan fingerprint density at radius 2 is 1.74 bits per heavy atom. The third-order valence-electron chi connectivity index (χ3n) is 6.75. The van der Waals surface area contributed by atoms with Crippen molar-refractivity contribution < 1.29 is 4.74 Å². The van der Waals surface area contributed by atoms with Crippen LogP contribution in [0.4, 0.5) is 0 Å². The maximum absolute atomic E-state index is 6.31. The van der Waals surface area contributed by atoms with Gasteiger partial charge in [0.2, 0.25) is 0 Å². The van der Waals surface area contributed by atoms with Crippen LogP contribution in [0.1, 0.15) is 80.1 Å². The first kappa shape index (κ1) is 15.4. The van der Waals surface area contributed by atoms with E-state index in [1.54, 1.807) is 0 Å². The summed E-state index contributed by atoms with van der Waals surface area (Å²) in [6.07, 6.45) is 7.94. The van der Waals surface area contributed by atoms with Gasteiger partial charge in [0.25, 0.3) is 0 Å². The molecule has 2 saturated carbocycles. The molecule has 1 nitrogen and oxygen atoms in total. The average Bonchev–Trinajstić information content (AvgIpc) is 2.32. The molecule has 0 radical (unpaired) electrons. The topological polar surface area (TPSA) is 9.23 Å². The predicted molar refractivity (Wildman–Crippen MR) is 82.3 cm³/mol. The molecule has 2 aliphatic rings. The first-order valence-corrected chi connectivity index (χ1v) is 8.40. The van der Waals surface area contributed by atoms with Crippen LogP contribution in [0.5, 0.6) is 0 Å². The summed E-state index contributed by atoms with van der Waals surface area (Å²) in [4.78, 5) is 0. The van der Waals surface area contributed by atoms with E-state index in [1.165, 1.54) is 32.1 Å². The lowest BCUT2D eigenvalue weighted by Gasteiger charge is -2.61. The average molecular weight is 266 g/mol. The Kier molecular flexibility index (Phi) is 4.09. The second-order valence-corrected chi connectivity index (χ2v) is 8.32. The van der Waals surface area contributed by atoms with E-state index in [1.807, 2.05) is 0 Å². The molecular formula is C18H34O. The van der Waals surface area contributed by atoms with E-state index < -0.39 is 0 Å². The molecule has 0 aromatic carbocycles.